The summed E-state index contributed by atoms with van der Waals surface area (Å²) in [6.45, 7) is 11.6. The summed E-state index contributed by atoms with van der Waals surface area (Å²) in [7, 11) is 0. The summed E-state index contributed by atoms with van der Waals surface area (Å²) in [5.74, 6) is -0.405. The number of hydrogen-bond acceptors (Lipinski definition) is 5. The van der Waals surface area contributed by atoms with Crippen LogP contribution in [0, 0.1) is 0 Å². The molecular weight excluding hydrogens is 224 g/mol. The molecule has 5 nitrogen and oxygen atoms in total. The van der Waals surface area contributed by atoms with E-state index in [1.807, 2.05) is 0 Å². The molecule has 0 aliphatic carbocycles. The first-order chi connectivity index (χ1) is 8.07. The van der Waals surface area contributed by atoms with Crippen molar-refractivity contribution in [2.24, 2.45) is 0 Å². The van der Waals surface area contributed by atoms with Crippen LogP contribution < -0.4 is 0 Å². The summed E-state index contributed by atoms with van der Waals surface area (Å²) >= 11 is 0. The molecule has 0 N–H and O–H groups in total. The molecule has 0 bridgehead atoms. The Kier molecular flexibility index (Phi) is 9.09. The average molecular weight is 244 g/mol. The van der Waals surface area contributed by atoms with Crippen LogP contribution in [0.25, 0.3) is 0 Å². The van der Waals surface area contributed by atoms with E-state index in [9.17, 15) is 4.79 Å². The Morgan fingerprint density at radius 1 is 1.29 bits per heavy atom. The van der Waals surface area contributed by atoms with Gasteiger partial charge in [0.05, 0.1) is 26.1 Å². The fourth-order valence-corrected chi connectivity index (χ4v) is 0.866. The van der Waals surface area contributed by atoms with Gasteiger partial charge in [-0.2, -0.15) is 0 Å². The quantitative estimate of drug-likeness (QED) is 0.192. The zero-order valence-electron chi connectivity index (χ0n) is 10.4. The van der Waals surface area contributed by atoms with Crippen LogP contribution in [-0.4, -0.2) is 38.7 Å². The van der Waals surface area contributed by atoms with E-state index in [2.05, 4.69) is 13.2 Å². The molecule has 0 aliphatic rings. The summed E-state index contributed by atoms with van der Waals surface area (Å²) in [6, 6.07) is 0. The first-order valence-electron chi connectivity index (χ1n) is 5.36. The lowest BCUT2D eigenvalue weighted by Crippen LogP contribution is -2.16. The molecule has 5 heteroatoms. The maximum atomic E-state index is 11.0. The Morgan fingerprint density at radius 3 is 2.53 bits per heavy atom. The van der Waals surface area contributed by atoms with Crippen LogP contribution in [0.5, 0.6) is 0 Å². The molecule has 0 spiro atoms. The summed E-state index contributed by atoms with van der Waals surface area (Å²) < 4.78 is 20.1. The van der Waals surface area contributed by atoms with Gasteiger partial charge in [0.2, 0.25) is 0 Å². The van der Waals surface area contributed by atoms with Crippen LogP contribution in [0.4, 0.5) is 0 Å². The van der Waals surface area contributed by atoms with Crippen molar-refractivity contribution in [3.05, 3.63) is 25.0 Å². The van der Waals surface area contributed by atoms with Crippen LogP contribution in [-0.2, 0) is 23.7 Å². The zero-order chi connectivity index (χ0) is 13.1. The second-order valence-electron chi connectivity index (χ2n) is 3.27. The van der Waals surface area contributed by atoms with Gasteiger partial charge in [0, 0.05) is 5.57 Å². The van der Waals surface area contributed by atoms with Crippen molar-refractivity contribution in [3.8, 4) is 0 Å². The molecule has 98 valence electrons. The number of hydrogen-bond donors (Lipinski definition) is 0. The van der Waals surface area contributed by atoms with Crippen molar-refractivity contribution >= 4 is 5.97 Å². The SMILES string of the molecule is C=COC(C)OCCOCCOC(=O)C(=C)C. The molecule has 0 saturated heterocycles. The van der Waals surface area contributed by atoms with Gasteiger partial charge in [0.25, 0.3) is 0 Å². The van der Waals surface area contributed by atoms with Gasteiger partial charge in [-0.25, -0.2) is 4.79 Å². The molecule has 0 aromatic heterocycles. The van der Waals surface area contributed by atoms with Crippen molar-refractivity contribution in [1.29, 1.82) is 0 Å². The number of carbonyl (C=O) groups is 1. The predicted molar refractivity (Wildman–Crippen MR) is 63.3 cm³/mol. The zero-order valence-corrected chi connectivity index (χ0v) is 10.4. The van der Waals surface area contributed by atoms with E-state index in [1.165, 1.54) is 6.26 Å². The predicted octanol–water partition coefficient (Wildman–Crippen LogP) is 1.64. The van der Waals surface area contributed by atoms with E-state index in [-0.39, 0.29) is 12.9 Å². The number of carbonyl (C=O) groups excluding carboxylic acids is 1. The van der Waals surface area contributed by atoms with Crippen LogP contribution in [0.15, 0.2) is 25.0 Å². The summed E-state index contributed by atoms with van der Waals surface area (Å²) in [5.41, 5.74) is 0.378. The van der Waals surface area contributed by atoms with Crippen molar-refractivity contribution in [3.63, 3.8) is 0 Å². The topological polar surface area (TPSA) is 54.0 Å². The number of ether oxygens (including phenoxy) is 4. The molecule has 0 aromatic rings. The van der Waals surface area contributed by atoms with E-state index < -0.39 is 5.97 Å². The van der Waals surface area contributed by atoms with Crippen LogP contribution >= 0.6 is 0 Å². The van der Waals surface area contributed by atoms with Gasteiger partial charge in [0.15, 0.2) is 6.29 Å². The molecule has 0 aliphatic heterocycles. The minimum absolute atomic E-state index is 0.213. The lowest BCUT2D eigenvalue weighted by atomic mass is 10.4. The van der Waals surface area contributed by atoms with Crippen LogP contribution in [0.2, 0.25) is 0 Å². The summed E-state index contributed by atoms with van der Waals surface area (Å²) in [6.07, 6.45) is 0.986. The Hall–Kier alpha value is -1.33. The number of rotatable bonds is 10. The maximum absolute atomic E-state index is 11.0. The average Bonchev–Trinajstić information content (AvgIpc) is 2.27. The molecule has 1 unspecified atom stereocenters. The largest absolute Gasteiger partial charge is 0.473 e. The highest BCUT2D eigenvalue weighted by molar-refractivity contribution is 5.86. The van der Waals surface area contributed by atoms with Gasteiger partial charge in [-0.3, -0.25) is 0 Å². The molecule has 0 aromatic carbocycles. The number of esters is 1. The highest BCUT2D eigenvalue weighted by Gasteiger charge is 2.02. The second-order valence-corrected chi connectivity index (χ2v) is 3.27. The van der Waals surface area contributed by atoms with Gasteiger partial charge < -0.3 is 18.9 Å². The van der Waals surface area contributed by atoms with Gasteiger partial charge in [-0.15, -0.1) is 0 Å². The third kappa shape index (κ3) is 9.59. The van der Waals surface area contributed by atoms with Gasteiger partial charge in [-0.1, -0.05) is 13.2 Å². The van der Waals surface area contributed by atoms with Gasteiger partial charge in [0.1, 0.15) is 6.61 Å². The fraction of sp³-hybridized carbons (Fsp3) is 0.583. The summed E-state index contributed by atoms with van der Waals surface area (Å²) in [5, 5.41) is 0. The van der Waals surface area contributed by atoms with Crippen LogP contribution in [0.3, 0.4) is 0 Å². The van der Waals surface area contributed by atoms with E-state index in [0.717, 1.165) is 0 Å². The smallest absolute Gasteiger partial charge is 0.333 e. The van der Waals surface area contributed by atoms with Crippen molar-refractivity contribution in [1.82, 2.24) is 0 Å². The van der Waals surface area contributed by atoms with E-state index in [0.29, 0.717) is 25.4 Å². The van der Waals surface area contributed by atoms with Crippen molar-refractivity contribution in [2.75, 3.05) is 26.4 Å². The van der Waals surface area contributed by atoms with E-state index >= 15 is 0 Å². The Balaban J connectivity index is 3.27. The molecule has 0 amide bonds. The Labute approximate surface area is 102 Å². The van der Waals surface area contributed by atoms with Gasteiger partial charge in [-0.05, 0) is 13.8 Å². The lowest BCUT2D eigenvalue weighted by molar-refractivity contribution is -0.141. The van der Waals surface area contributed by atoms with E-state index in [4.69, 9.17) is 18.9 Å². The van der Waals surface area contributed by atoms with Gasteiger partial charge >= 0.3 is 5.97 Å². The van der Waals surface area contributed by atoms with E-state index in [1.54, 1.807) is 13.8 Å². The minimum Gasteiger partial charge on any atom is -0.473 e. The molecule has 0 fully saturated rings. The van der Waals surface area contributed by atoms with Crippen molar-refractivity contribution < 1.29 is 23.7 Å². The fourth-order valence-electron chi connectivity index (χ4n) is 0.866. The molecule has 0 heterocycles. The molecule has 17 heavy (non-hydrogen) atoms. The molecule has 0 saturated carbocycles. The molecule has 0 radical (unpaired) electrons. The monoisotopic (exact) mass is 244 g/mol. The third-order valence-electron chi connectivity index (χ3n) is 1.68. The first-order valence-corrected chi connectivity index (χ1v) is 5.36. The molecule has 0 rings (SSSR count). The summed E-state index contributed by atoms with van der Waals surface area (Å²) in [4.78, 5) is 11.0. The molecule has 1 atom stereocenters. The maximum Gasteiger partial charge on any atom is 0.333 e. The first kappa shape index (κ1) is 15.7. The lowest BCUT2D eigenvalue weighted by Gasteiger charge is -2.12. The van der Waals surface area contributed by atoms with Crippen LogP contribution in [0.1, 0.15) is 13.8 Å². The highest BCUT2D eigenvalue weighted by Crippen LogP contribution is 1.94. The second kappa shape index (κ2) is 9.86. The highest BCUT2D eigenvalue weighted by atomic mass is 16.7. The Morgan fingerprint density at radius 2 is 1.94 bits per heavy atom. The minimum atomic E-state index is -0.405. The third-order valence-corrected chi connectivity index (χ3v) is 1.68. The standard InChI is InChI=1S/C12H20O5/c1-5-15-11(4)16-8-6-14-7-9-17-12(13)10(2)3/h5,11H,1-2,6-9H2,3-4H3. The Bertz CT molecular complexity index is 249. The normalized spacial score (nSPS) is 11.6. The molecular formula is C12H20O5. The van der Waals surface area contributed by atoms with Crippen molar-refractivity contribution in [2.45, 2.75) is 20.1 Å².